The molecule has 6 heteroatoms. The van der Waals surface area contributed by atoms with Crippen molar-refractivity contribution in [2.75, 3.05) is 4.81 Å². The molecule has 5 heterocycles. The lowest BCUT2D eigenvalue weighted by molar-refractivity contribution is 0.584. The summed E-state index contributed by atoms with van der Waals surface area (Å²) in [5.74, 6) is 0.916. The Bertz CT molecular complexity index is 4310. The smallest absolute Gasteiger partial charge is 0.333 e. The van der Waals surface area contributed by atoms with Crippen LogP contribution in [0.2, 0.25) is 0 Å². The predicted octanol–water partition coefficient (Wildman–Crippen LogP) is 15.8. The van der Waals surface area contributed by atoms with Crippen LogP contribution in [-0.2, 0) is 16.2 Å². The minimum Gasteiger partial charge on any atom is -0.456 e. The zero-order chi connectivity index (χ0) is 48.7. The minimum atomic E-state index is -0.198. The van der Waals surface area contributed by atoms with Gasteiger partial charge >= 0.3 is 6.85 Å². The second kappa shape index (κ2) is 14.1. The Morgan fingerprint density at radius 2 is 1.18 bits per heavy atom. The van der Waals surface area contributed by atoms with Crippen LogP contribution in [0.5, 0.6) is 0 Å². The summed E-state index contributed by atoms with van der Waals surface area (Å²) in [6.07, 6.45) is 0. The molecule has 15 rings (SSSR count). The van der Waals surface area contributed by atoms with Gasteiger partial charge in [-0.05, 0) is 121 Å². The third-order valence-electron chi connectivity index (χ3n) is 16.6. The van der Waals surface area contributed by atoms with E-state index >= 15 is 0 Å². The molecule has 3 aliphatic rings. The van der Waals surface area contributed by atoms with Crippen LogP contribution in [0.3, 0.4) is 0 Å². The van der Waals surface area contributed by atoms with E-state index in [9.17, 15) is 0 Å². The second-order valence-corrected chi connectivity index (χ2v) is 23.2. The maximum Gasteiger partial charge on any atom is 0.333 e. The molecular formula is C66H53BN4O. The zero-order valence-electron chi connectivity index (χ0n) is 42.0. The predicted molar refractivity (Wildman–Crippen MR) is 302 cm³/mol. The van der Waals surface area contributed by atoms with Crippen molar-refractivity contribution in [3.05, 3.63) is 198 Å². The summed E-state index contributed by atoms with van der Waals surface area (Å²) in [5, 5.41) is 4.72. The number of rotatable bonds is 3. The first-order chi connectivity index (χ1) is 34.7. The summed E-state index contributed by atoms with van der Waals surface area (Å²) in [7, 11) is 0. The van der Waals surface area contributed by atoms with Gasteiger partial charge in [0.2, 0.25) is 0 Å². The van der Waals surface area contributed by atoms with E-state index in [4.69, 9.17) is 9.40 Å². The van der Waals surface area contributed by atoms with Gasteiger partial charge in [0, 0.05) is 66.9 Å². The molecule has 0 radical (unpaired) electrons. The van der Waals surface area contributed by atoms with Gasteiger partial charge in [-0.15, -0.1) is 0 Å². The van der Waals surface area contributed by atoms with Crippen LogP contribution in [0.1, 0.15) is 77.6 Å². The molecule has 0 unspecified atom stereocenters. The first-order valence-electron chi connectivity index (χ1n) is 25.6. The van der Waals surface area contributed by atoms with Crippen LogP contribution in [0.4, 0.5) is 11.4 Å². The highest BCUT2D eigenvalue weighted by molar-refractivity contribution is 6.93. The van der Waals surface area contributed by atoms with E-state index in [1.165, 1.54) is 77.4 Å². The molecule has 5 nitrogen and oxygen atoms in total. The number of hydrogen-bond acceptors (Lipinski definition) is 3. The van der Waals surface area contributed by atoms with Crippen molar-refractivity contribution >= 4 is 83.9 Å². The van der Waals surface area contributed by atoms with Gasteiger partial charge in [-0.25, -0.2) is 4.98 Å². The van der Waals surface area contributed by atoms with Crippen molar-refractivity contribution in [2.45, 2.75) is 71.6 Å². The van der Waals surface area contributed by atoms with E-state index in [0.29, 0.717) is 0 Å². The van der Waals surface area contributed by atoms with Gasteiger partial charge in [0.25, 0.3) is 0 Å². The number of imidazole rings is 1. The van der Waals surface area contributed by atoms with Crippen LogP contribution in [0.15, 0.2) is 180 Å². The van der Waals surface area contributed by atoms with Gasteiger partial charge in [-0.2, -0.15) is 0 Å². The summed E-state index contributed by atoms with van der Waals surface area (Å²) in [6.45, 7) is 18.5. The standard InChI is InChI=1S/C66H53BN4O/c1-64(2,3)39-23-26-42(27-24-39)71-56-34-47-43-28-25-40(65(4,5)6)31-51(43)66(7,8)52(47)33-49(56)45-29-30-46-48-32-50-44-21-15-16-22-59(44)72-60(50)37-55(48)70-57-36-58-54(35-53(57)67(71)61(45)62(46)70)68-63(38-17-11-9-12-18-38)69(58)41-19-13-10-14-20-41/h9-37H,1-8H3. The summed E-state index contributed by atoms with van der Waals surface area (Å²) in [4.78, 5) is 8.29. The third kappa shape index (κ3) is 5.58. The number of furan rings is 1. The fourth-order valence-electron chi connectivity index (χ4n) is 12.9. The van der Waals surface area contributed by atoms with Gasteiger partial charge in [0.1, 0.15) is 17.0 Å². The number of hydrogen-bond donors (Lipinski definition) is 0. The summed E-state index contributed by atoms with van der Waals surface area (Å²) in [5.41, 5.74) is 24.9. The van der Waals surface area contributed by atoms with E-state index in [0.717, 1.165) is 66.9 Å². The second-order valence-electron chi connectivity index (χ2n) is 23.2. The van der Waals surface area contributed by atoms with Gasteiger partial charge in [-0.3, -0.25) is 4.57 Å². The minimum absolute atomic E-state index is 0.00164. The number of nitrogens with zero attached hydrogens (tertiary/aromatic N) is 4. The molecule has 0 N–H and O–H groups in total. The molecule has 346 valence electrons. The molecular weight excluding hydrogens is 876 g/mol. The average molecular weight is 929 g/mol. The number of anilines is 2. The Morgan fingerprint density at radius 3 is 1.94 bits per heavy atom. The fourth-order valence-corrected chi connectivity index (χ4v) is 12.9. The van der Waals surface area contributed by atoms with Crippen molar-refractivity contribution in [1.82, 2.24) is 14.1 Å². The average Bonchev–Trinajstić information content (AvgIpc) is 4.10. The van der Waals surface area contributed by atoms with Crippen LogP contribution < -0.4 is 15.7 Å². The topological polar surface area (TPSA) is 39.1 Å². The lowest BCUT2D eigenvalue weighted by Crippen LogP contribution is -2.60. The highest BCUT2D eigenvalue weighted by Gasteiger charge is 2.47. The Labute approximate surface area is 420 Å². The molecule has 0 saturated heterocycles. The number of para-hydroxylation sites is 2. The zero-order valence-corrected chi connectivity index (χ0v) is 42.0. The Hall–Kier alpha value is -8.09. The lowest BCUT2D eigenvalue weighted by atomic mass is 9.44. The van der Waals surface area contributed by atoms with Gasteiger partial charge in [0.15, 0.2) is 0 Å². The molecule has 0 saturated carbocycles. The fraction of sp³-hybridized carbons (Fsp3) is 0.167. The van der Waals surface area contributed by atoms with Crippen molar-refractivity contribution in [1.29, 1.82) is 0 Å². The lowest BCUT2D eigenvalue weighted by Gasteiger charge is -2.42. The van der Waals surface area contributed by atoms with E-state index in [-0.39, 0.29) is 23.1 Å². The van der Waals surface area contributed by atoms with Crippen LogP contribution in [0, 0.1) is 0 Å². The highest BCUT2D eigenvalue weighted by Crippen LogP contribution is 2.55. The number of fused-ring (bicyclic) bond motifs is 15. The molecule has 0 bridgehead atoms. The molecule has 3 aromatic heterocycles. The molecule has 0 amide bonds. The van der Waals surface area contributed by atoms with Gasteiger partial charge in [-0.1, -0.05) is 165 Å². The quantitative estimate of drug-likeness (QED) is 0.166. The monoisotopic (exact) mass is 928 g/mol. The number of benzene rings is 9. The van der Waals surface area contributed by atoms with Crippen molar-refractivity contribution < 1.29 is 4.42 Å². The van der Waals surface area contributed by atoms with Crippen molar-refractivity contribution in [2.24, 2.45) is 0 Å². The Kier molecular flexibility index (Phi) is 8.15. The van der Waals surface area contributed by atoms with Crippen LogP contribution in [-0.4, -0.2) is 21.0 Å². The Morgan fingerprint density at radius 1 is 0.486 bits per heavy atom. The van der Waals surface area contributed by atoms with Gasteiger partial charge < -0.3 is 13.8 Å². The van der Waals surface area contributed by atoms with E-state index in [2.05, 4.69) is 245 Å². The normalized spacial score (nSPS) is 14.4. The molecule has 72 heavy (non-hydrogen) atoms. The molecule has 12 aromatic rings. The van der Waals surface area contributed by atoms with E-state index in [1.54, 1.807) is 0 Å². The summed E-state index contributed by atoms with van der Waals surface area (Å²) >= 11 is 0. The first-order valence-corrected chi connectivity index (χ1v) is 25.6. The molecule has 0 spiro atoms. The molecule has 2 aliphatic heterocycles. The third-order valence-corrected chi connectivity index (χ3v) is 16.6. The van der Waals surface area contributed by atoms with Crippen molar-refractivity contribution in [3.63, 3.8) is 0 Å². The van der Waals surface area contributed by atoms with E-state index < -0.39 is 0 Å². The number of aromatic nitrogens is 3. The SMILES string of the molecule is CC(C)(C)c1ccc(N2B3c4cc5nc(-c6ccccc6)n(-c6ccccc6)c5cc4-n4c5cc6oc7ccccc7c6cc5c5ccc(c3c54)-c3cc4c(cc32)-c2ccc(C(C)(C)C)cc2C4(C)C)cc1. The largest absolute Gasteiger partial charge is 0.456 e. The molecule has 0 fully saturated rings. The van der Waals surface area contributed by atoms with Crippen LogP contribution in [0.25, 0.3) is 99.8 Å². The highest BCUT2D eigenvalue weighted by atomic mass is 16.3. The molecule has 9 aromatic carbocycles. The van der Waals surface area contributed by atoms with Crippen molar-refractivity contribution in [3.8, 4) is 45.0 Å². The first kappa shape index (κ1) is 41.7. The van der Waals surface area contributed by atoms with E-state index in [1.807, 2.05) is 0 Å². The maximum absolute atomic E-state index is 6.70. The summed E-state index contributed by atoms with van der Waals surface area (Å²) in [6, 6.07) is 66.0. The summed E-state index contributed by atoms with van der Waals surface area (Å²) < 4.78 is 11.6. The van der Waals surface area contributed by atoms with Gasteiger partial charge in [0.05, 0.1) is 22.1 Å². The molecule has 1 aliphatic carbocycles. The van der Waals surface area contributed by atoms with Crippen LogP contribution >= 0.6 is 0 Å². The maximum atomic E-state index is 6.70. The Balaban J connectivity index is 1.09. The molecule has 0 atom stereocenters.